The number of anilines is 1. The Morgan fingerprint density at radius 1 is 1.20 bits per heavy atom. The van der Waals surface area contributed by atoms with Gasteiger partial charge in [0.05, 0.1) is 17.8 Å². The van der Waals surface area contributed by atoms with Crippen LogP contribution in [0.5, 0.6) is 0 Å². The van der Waals surface area contributed by atoms with E-state index in [0.29, 0.717) is 12.3 Å². The molecule has 3 heterocycles. The molecule has 0 radical (unpaired) electrons. The minimum absolute atomic E-state index is 0.0283. The lowest BCUT2D eigenvalue weighted by Crippen LogP contribution is -2.38. The Morgan fingerprint density at radius 3 is 2.72 bits per heavy atom. The number of aryl methyl sites for hydroxylation is 3. The Balaban J connectivity index is 1.63. The molecule has 4 rings (SSSR count). The lowest BCUT2D eigenvalue weighted by molar-refractivity contribution is -0.118. The molecule has 0 atom stereocenters. The zero-order valence-corrected chi connectivity index (χ0v) is 14.4. The van der Waals surface area contributed by atoms with Crippen molar-refractivity contribution >= 4 is 11.9 Å². The Labute approximate surface area is 146 Å². The molecule has 2 aromatic heterocycles. The van der Waals surface area contributed by atoms with E-state index in [1.807, 2.05) is 50.4 Å². The highest BCUT2D eigenvalue weighted by atomic mass is 16.5. The van der Waals surface area contributed by atoms with Gasteiger partial charge in [-0.2, -0.15) is 0 Å². The van der Waals surface area contributed by atoms with Crippen LogP contribution >= 0.6 is 0 Å². The van der Waals surface area contributed by atoms with Crippen molar-refractivity contribution in [2.45, 2.75) is 33.2 Å². The van der Waals surface area contributed by atoms with Gasteiger partial charge in [-0.25, -0.2) is 4.98 Å². The number of carbonyl (C=O) groups is 1. The van der Waals surface area contributed by atoms with Gasteiger partial charge < -0.3 is 9.09 Å². The van der Waals surface area contributed by atoms with Crippen LogP contribution in [0.25, 0.3) is 11.3 Å². The fourth-order valence-corrected chi connectivity index (χ4v) is 3.27. The van der Waals surface area contributed by atoms with Crippen molar-refractivity contribution in [3.63, 3.8) is 0 Å². The Hall–Kier alpha value is -2.89. The second kappa shape index (κ2) is 6.20. The van der Waals surface area contributed by atoms with E-state index >= 15 is 0 Å². The first kappa shape index (κ1) is 15.6. The summed E-state index contributed by atoms with van der Waals surface area (Å²) in [4.78, 5) is 19.4. The molecule has 3 aromatic rings. The average molecular weight is 336 g/mol. The summed E-state index contributed by atoms with van der Waals surface area (Å²) < 4.78 is 7.24. The summed E-state index contributed by atoms with van der Waals surface area (Å²) in [7, 11) is 0. The maximum atomic E-state index is 12.9. The maximum absolute atomic E-state index is 12.9. The molecule has 1 amide bonds. The third kappa shape index (κ3) is 2.84. The van der Waals surface area contributed by atoms with E-state index in [9.17, 15) is 4.79 Å². The predicted molar refractivity (Wildman–Crippen MR) is 94.3 cm³/mol. The molecule has 0 bridgehead atoms. The number of imidazole rings is 1. The summed E-state index contributed by atoms with van der Waals surface area (Å²) in [5, 5.41) is 3.94. The van der Waals surface area contributed by atoms with Gasteiger partial charge in [-0.1, -0.05) is 35.5 Å². The number of hydrogen-bond acceptors (Lipinski definition) is 4. The average Bonchev–Trinajstić information content (AvgIpc) is 3.20. The van der Waals surface area contributed by atoms with Gasteiger partial charge in [0.1, 0.15) is 5.76 Å². The van der Waals surface area contributed by atoms with Crippen molar-refractivity contribution in [3.8, 4) is 11.3 Å². The lowest BCUT2D eigenvalue weighted by atomic mass is 10.1. The van der Waals surface area contributed by atoms with E-state index in [-0.39, 0.29) is 12.3 Å². The molecule has 0 N–H and O–H groups in total. The molecule has 0 spiro atoms. The van der Waals surface area contributed by atoms with Crippen LogP contribution in [-0.4, -0.2) is 27.2 Å². The Kier molecular flexibility index (Phi) is 3.87. The second-order valence-corrected chi connectivity index (χ2v) is 6.36. The molecule has 1 aromatic carbocycles. The van der Waals surface area contributed by atoms with Gasteiger partial charge in [-0.3, -0.25) is 9.69 Å². The molecule has 6 heteroatoms. The molecule has 1 aliphatic rings. The van der Waals surface area contributed by atoms with Gasteiger partial charge in [0.15, 0.2) is 0 Å². The summed E-state index contributed by atoms with van der Waals surface area (Å²) in [5.41, 5.74) is 3.60. The van der Waals surface area contributed by atoms with E-state index in [2.05, 4.69) is 9.72 Å². The number of fused-ring (bicyclic) bond motifs is 1. The minimum Gasteiger partial charge on any atom is -0.361 e. The monoisotopic (exact) mass is 336 g/mol. The molecule has 6 nitrogen and oxygen atoms in total. The van der Waals surface area contributed by atoms with E-state index in [4.69, 9.17) is 9.51 Å². The van der Waals surface area contributed by atoms with E-state index in [0.717, 1.165) is 41.4 Å². The van der Waals surface area contributed by atoms with Gasteiger partial charge in [0.2, 0.25) is 11.9 Å². The first-order chi connectivity index (χ1) is 12.1. The second-order valence-electron chi connectivity index (χ2n) is 6.36. The predicted octanol–water partition coefficient (Wildman–Crippen LogP) is 3.13. The molecule has 0 unspecified atom stereocenters. The third-order valence-electron chi connectivity index (χ3n) is 4.66. The lowest BCUT2D eigenvalue weighted by Gasteiger charge is -2.27. The zero-order chi connectivity index (χ0) is 17.4. The van der Waals surface area contributed by atoms with Crippen molar-refractivity contribution in [1.29, 1.82) is 0 Å². The maximum Gasteiger partial charge on any atom is 0.233 e. The highest BCUT2D eigenvalue weighted by Crippen LogP contribution is 2.27. The Morgan fingerprint density at radius 2 is 2.00 bits per heavy atom. The van der Waals surface area contributed by atoms with Crippen molar-refractivity contribution in [1.82, 2.24) is 14.7 Å². The van der Waals surface area contributed by atoms with Crippen LogP contribution < -0.4 is 4.90 Å². The first-order valence-corrected chi connectivity index (χ1v) is 8.48. The van der Waals surface area contributed by atoms with Crippen LogP contribution in [-0.2, 0) is 17.8 Å². The highest BCUT2D eigenvalue weighted by Gasteiger charge is 2.27. The molecular formula is C19H20N4O2. The summed E-state index contributed by atoms with van der Waals surface area (Å²) >= 11 is 0. The molecule has 1 aliphatic heterocycles. The number of amides is 1. The molecule has 25 heavy (non-hydrogen) atoms. The van der Waals surface area contributed by atoms with E-state index in [1.165, 1.54) is 0 Å². The molecular weight excluding hydrogens is 316 g/mol. The number of carbonyl (C=O) groups excluding carboxylic acids is 1. The summed E-state index contributed by atoms with van der Waals surface area (Å²) in [6.07, 6.45) is 3.24. The smallest absolute Gasteiger partial charge is 0.233 e. The SMILES string of the molecule is Cc1noc(C)c1CC(=O)N1CCCn2cc(-c3ccccc3)nc21. The Bertz CT molecular complexity index is 891. The quantitative estimate of drug-likeness (QED) is 0.737. The summed E-state index contributed by atoms with van der Waals surface area (Å²) in [6, 6.07) is 10.0. The number of nitrogens with zero attached hydrogens (tertiary/aromatic N) is 4. The van der Waals surface area contributed by atoms with E-state index in [1.54, 1.807) is 4.90 Å². The number of aromatic nitrogens is 3. The van der Waals surface area contributed by atoms with Crippen LogP contribution in [0.15, 0.2) is 41.1 Å². The van der Waals surface area contributed by atoms with Crippen molar-refractivity contribution < 1.29 is 9.32 Å². The fourth-order valence-electron chi connectivity index (χ4n) is 3.27. The van der Waals surface area contributed by atoms with Crippen LogP contribution in [0.2, 0.25) is 0 Å². The van der Waals surface area contributed by atoms with Crippen molar-refractivity contribution in [2.24, 2.45) is 0 Å². The molecule has 0 fully saturated rings. The van der Waals surface area contributed by atoms with Gasteiger partial charge in [-0.05, 0) is 20.3 Å². The molecule has 128 valence electrons. The van der Waals surface area contributed by atoms with Crippen molar-refractivity contribution in [3.05, 3.63) is 53.5 Å². The standard InChI is InChI=1S/C19H20N4O2/c1-13-16(14(2)25-21-13)11-18(24)23-10-6-9-22-12-17(20-19(22)23)15-7-4-3-5-8-15/h3-5,7-8,12H,6,9-11H2,1-2H3. The van der Waals surface area contributed by atoms with Gasteiger partial charge in [-0.15, -0.1) is 0 Å². The number of benzene rings is 1. The summed E-state index contributed by atoms with van der Waals surface area (Å²) in [5.74, 6) is 1.46. The normalized spacial score (nSPS) is 13.8. The number of rotatable bonds is 3. The summed E-state index contributed by atoms with van der Waals surface area (Å²) in [6.45, 7) is 5.27. The van der Waals surface area contributed by atoms with Crippen molar-refractivity contribution in [2.75, 3.05) is 11.4 Å². The first-order valence-electron chi connectivity index (χ1n) is 8.48. The minimum atomic E-state index is 0.0283. The molecule has 0 aliphatic carbocycles. The van der Waals surface area contributed by atoms with Crippen LogP contribution in [0.4, 0.5) is 5.95 Å². The van der Waals surface area contributed by atoms with Crippen LogP contribution in [0.3, 0.4) is 0 Å². The highest BCUT2D eigenvalue weighted by molar-refractivity contribution is 5.94. The topological polar surface area (TPSA) is 64.2 Å². The van der Waals surface area contributed by atoms with Crippen LogP contribution in [0, 0.1) is 13.8 Å². The zero-order valence-electron chi connectivity index (χ0n) is 14.4. The molecule has 0 saturated heterocycles. The largest absolute Gasteiger partial charge is 0.361 e. The number of hydrogen-bond donors (Lipinski definition) is 0. The fraction of sp³-hybridized carbons (Fsp3) is 0.316. The van der Waals surface area contributed by atoms with E-state index < -0.39 is 0 Å². The van der Waals surface area contributed by atoms with Gasteiger partial charge in [0, 0.05) is 30.4 Å². The van der Waals surface area contributed by atoms with Gasteiger partial charge in [0.25, 0.3) is 0 Å². The molecule has 0 saturated carbocycles. The van der Waals surface area contributed by atoms with Crippen LogP contribution in [0.1, 0.15) is 23.4 Å². The van der Waals surface area contributed by atoms with Gasteiger partial charge >= 0.3 is 0 Å². The third-order valence-corrected chi connectivity index (χ3v) is 4.66.